The first-order valence-electron chi connectivity index (χ1n) is 8.16. The number of amides is 2. The van der Waals surface area contributed by atoms with E-state index in [2.05, 4.69) is 0 Å². The number of hydrogen-bond donors (Lipinski definition) is 1. The van der Waals surface area contributed by atoms with Gasteiger partial charge in [0.15, 0.2) is 0 Å². The number of nitrogens with zero attached hydrogens (tertiary/aromatic N) is 2. The molecule has 6 nitrogen and oxygen atoms in total. The first-order valence-corrected chi connectivity index (χ1v) is 8.16. The number of rotatable bonds is 4. The van der Waals surface area contributed by atoms with Gasteiger partial charge in [-0.25, -0.2) is 4.79 Å². The van der Waals surface area contributed by atoms with Crippen LogP contribution in [0, 0.1) is 5.92 Å². The van der Waals surface area contributed by atoms with Crippen LogP contribution in [0.1, 0.15) is 47.5 Å². The molecule has 0 aliphatic carbocycles. The maximum atomic E-state index is 12.2. The minimum absolute atomic E-state index is 0.00924. The highest BCUT2D eigenvalue weighted by Gasteiger charge is 2.29. The molecule has 128 valence electrons. The Labute approximate surface area is 134 Å². The van der Waals surface area contributed by atoms with E-state index in [1.54, 1.807) is 11.8 Å². The molecule has 1 rings (SSSR count). The number of carbonyl (C=O) groups is 2. The van der Waals surface area contributed by atoms with E-state index in [0.717, 1.165) is 19.4 Å². The molecule has 0 radical (unpaired) electrons. The van der Waals surface area contributed by atoms with Crippen LogP contribution in [0.3, 0.4) is 0 Å². The van der Waals surface area contributed by atoms with Crippen LogP contribution in [0.2, 0.25) is 0 Å². The van der Waals surface area contributed by atoms with Crippen LogP contribution in [0.25, 0.3) is 0 Å². The van der Waals surface area contributed by atoms with Crippen molar-refractivity contribution in [2.45, 2.75) is 59.1 Å². The SMILES string of the molecule is CCN(CC1CCCN(C(=O)C(C)N)C1)C(=O)OC(C)(C)C. The summed E-state index contributed by atoms with van der Waals surface area (Å²) in [5.41, 5.74) is 5.19. The summed E-state index contributed by atoms with van der Waals surface area (Å²) in [5.74, 6) is 0.272. The highest BCUT2D eigenvalue weighted by Crippen LogP contribution is 2.19. The van der Waals surface area contributed by atoms with Crippen molar-refractivity contribution in [3.63, 3.8) is 0 Å². The second-order valence-corrected chi connectivity index (χ2v) is 7.10. The molecule has 0 spiro atoms. The van der Waals surface area contributed by atoms with Crippen molar-refractivity contribution in [3.05, 3.63) is 0 Å². The predicted molar refractivity (Wildman–Crippen MR) is 86.4 cm³/mol. The van der Waals surface area contributed by atoms with Crippen LogP contribution in [0.5, 0.6) is 0 Å². The summed E-state index contributed by atoms with van der Waals surface area (Å²) in [4.78, 5) is 27.7. The maximum absolute atomic E-state index is 12.2. The van der Waals surface area contributed by atoms with E-state index in [-0.39, 0.29) is 17.9 Å². The van der Waals surface area contributed by atoms with Crippen LogP contribution in [0.15, 0.2) is 0 Å². The van der Waals surface area contributed by atoms with Gasteiger partial charge in [0.1, 0.15) is 5.60 Å². The third kappa shape index (κ3) is 5.83. The molecular weight excluding hydrogens is 282 g/mol. The molecule has 2 N–H and O–H groups in total. The molecule has 0 aromatic rings. The molecular formula is C16H31N3O3. The molecule has 1 aliphatic heterocycles. The fourth-order valence-corrected chi connectivity index (χ4v) is 2.67. The van der Waals surface area contributed by atoms with Crippen molar-refractivity contribution in [2.75, 3.05) is 26.2 Å². The van der Waals surface area contributed by atoms with Crippen LogP contribution >= 0.6 is 0 Å². The summed E-state index contributed by atoms with van der Waals surface area (Å²) in [6, 6.07) is -0.466. The van der Waals surface area contributed by atoms with Gasteiger partial charge in [-0.05, 0) is 53.4 Å². The Hall–Kier alpha value is -1.30. The average Bonchev–Trinajstić information content (AvgIpc) is 2.42. The summed E-state index contributed by atoms with van der Waals surface area (Å²) in [6.07, 6.45) is 1.68. The van der Waals surface area contributed by atoms with Gasteiger partial charge in [0, 0.05) is 26.2 Å². The molecule has 0 aromatic heterocycles. The second kappa shape index (κ2) is 7.81. The maximum Gasteiger partial charge on any atom is 0.410 e. The van der Waals surface area contributed by atoms with Gasteiger partial charge in [0.25, 0.3) is 0 Å². The van der Waals surface area contributed by atoms with Crippen LogP contribution in [-0.4, -0.2) is 59.6 Å². The molecule has 2 amide bonds. The summed E-state index contributed by atoms with van der Waals surface area (Å²) >= 11 is 0. The van der Waals surface area contributed by atoms with Crippen molar-refractivity contribution in [1.82, 2.24) is 9.80 Å². The molecule has 2 atom stereocenters. The van der Waals surface area contributed by atoms with Crippen LogP contribution in [0.4, 0.5) is 4.79 Å². The molecule has 1 saturated heterocycles. The normalized spacial score (nSPS) is 20.5. The Morgan fingerprint density at radius 1 is 1.41 bits per heavy atom. The number of carbonyl (C=O) groups excluding carboxylic acids is 2. The van der Waals surface area contributed by atoms with Gasteiger partial charge in [-0.1, -0.05) is 0 Å². The molecule has 1 fully saturated rings. The first kappa shape index (κ1) is 18.7. The molecule has 1 heterocycles. The molecule has 22 heavy (non-hydrogen) atoms. The monoisotopic (exact) mass is 313 g/mol. The van der Waals surface area contributed by atoms with Gasteiger partial charge >= 0.3 is 6.09 Å². The molecule has 1 aliphatic rings. The van der Waals surface area contributed by atoms with Gasteiger partial charge in [0.05, 0.1) is 6.04 Å². The number of ether oxygens (including phenoxy) is 1. The van der Waals surface area contributed by atoms with Crippen molar-refractivity contribution in [3.8, 4) is 0 Å². The molecule has 0 bridgehead atoms. The number of piperidine rings is 1. The summed E-state index contributed by atoms with van der Waals surface area (Å²) in [6.45, 7) is 11.9. The molecule has 0 aromatic carbocycles. The van der Waals surface area contributed by atoms with E-state index in [1.807, 2.05) is 32.6 Å². The zero-order valence-electron chi connectivity index (χ0n) is 14.6. The highest BCUT2D eigenvalue weighted by molar-refractivity contribution is 5.81. The van der Waals surface area contributed by atoms with E-state index < -0.39 is 11.6 Å². The lowest BCUT2D eigenvalue weighted by atomic mass is 9.97. The van der Waals surface area contributed by atoms with Gasteiger partial charge in [0.2, 0.25) is 5.91 Å². The van der Waals surface area contributed by atoms with E-state index in [9.17, 15) is 9.59 Å². The van der Waals surface area contributed by atoms with Crippen LogP contribution in [-0.2, 0) is 9.53 Å². The van der Waals surface area contributed by atoms with E-state index in [4.69, 9.17) is 10.5 Å². The van der Waals surface area contributed by atoms with Crippen LogP contribution < -0.4 is 5.73 Å². The quantitative estimate of drug-likeness (QED) is 0.859. The zero-order valence-corrected chi connectivity index (χ0v) is 14.6. The van der Waals surface area contributed by atoms with Gasteiger partial charge < -0.3 is 20.3 Å². The van der Waals surface area contributed by atoms with Gasteiger partial charge in [-0.15, -0.1) is 0 Å². The van der Waals surface area contributed by atoms with Crippen molar-refractivity contribution in [1.29, 1.82) is 0 Å². The number of nitrogens with two attached hydrogens (primary N) is 1. The number of likely N-dealkylation sites (tertiary alicyclic amines) is 1. The average molecular weight is 313 g/mol. The van der Waals surface area contributed by atoms with E-state index >= 15 is 0 Å². The first-order chi connectivity index (χ1) is 10.1. The Morgan fingerprint density at radius 3 is 2.55 bits per heavy atom. The fraction of sp³-hybridized carbons (Fsp3) is 0.875. The standard InChI is InChI=1S/C16H31N3O3/c1-6-18(15(21)22-16(3,4)5)10-13-8-7-9-19(11-13)14(20)12(2)17/h12-13H,6-11,17H2,1-5H3. The largest absolute Gasteiger partial charge is 0.444 e. The lowest BCUT2D eigenvalue weighted by molar-refractivity contribution is -0.134. The third-order valence-corrected chi connectivity index (χ3v) is 3.73. The van der Waals surface area contributed by atoms with E-state index in [1.165, 1.54) is 0 Å². The lowest BCUT2D eigenvalue weighted by Crippen LogP contribution is -2.49. The number of hydrogen-bond acceptors (Lipinski definition) is 4. The molecule has 6 heteroatoms. The third-order valence-electron chi connectivity index (χ3n) is 3.73. The minimum Gasteiger partial charge on any atom is -0.444 e. The molecule has 0 saturated carbocycles. The predicted octanol–water partition coefficient (Wildman–Crippen LogP) is 1.83. The summed E-state index contributed by atoms with van der Waals surface area (Å²) in [7, 11) is 0. The Morgan fingerprint density at radius 2 is 2.05 bits per heavy atom. The Bertz CT molecular complexity index is 391. The Kier molecular flexibility index (Phi) is 6.66. The van der Waals surface area contributed by atoms with Crippen molar-refractivity contribution in [2.24, 2.45) is 11.7 Å². The molecule has 2 unspecified atom stereocenters. The Balaban J connectivity index is 2.59. The van der Waals surface area contributed by atoms with Gasteiger partial charge in [-0.2, -0.15) is 0 Å². The van der Waals surface area contributed by atoms with Crippen molar-refractivity contribution >= 4 is 12.0 Å². The zero-order chi connectivity index (χ0) is 16.9. The lowest BCUT2D eigenvalue weighted by Gasteiger charge is -2.36. The van der Waals surface area contributed by atoms with E-state index in [0.29, 0.717) is 19.6 Å². The topological polar surface area (TPSA) is 75.9 Å². The highest BCUT2D eigenvalue weighted by atomic mass is 16.6. The minimum atomic E-state index is -0.492. The smallest absolute Gasteiger partial charge is 0.410 e. The van der Waals surface area contributed by atoms with Gasteiger partial charge in [-0.3, -0.25) is 4.79 Å². The van der Waals surface area contributed by atoms with Crippen molar-refractivity contribution < 1.29 is 14.3 Å². The fourth-order valence-electron chi connectivity index (χ4n) is 2.67. The summed E-state index contributed by atoms with van der Waals surface area (Å²) < 4.78 is 5.43. The second-order valence-electron chi connectivity index (χ2n) is 7.10. The summed E-state index contributed by atoms with van der Waals surface area (Å²) in [5, 5.41) is 0.